The Morgan fingerprint density at radius 3 is 2.69 bits per heavy atom. The Balaban J connectivity index is 1.88. The number of fused-ring (bicyclic) bond motifs is 3. The van der Waals surface area contributed by atoms with Crippen LogP contribution in [0.4, 0.5) is 0 Å². The Kier molecular flexibility index (Phi) is 5.18. The number of nitrogens with one attached hydrogen (secondary N) is 1. The van der Waals surface area contributed by atoms with Gasteiger partial charge in [-0.15, -0.1) is 0 Å². The summed E-state index contributed by atoms with van der Waals surface area (Å²) in [5, 5.41) is 4.89. The minimum atomic E-state index is 0.301. The normalized spacial score (nSPS) is 21.4. The summed E-state index contributed by atoms with van der Waals surface area (Å²) in [5.41, 5.74) is 4.89. The third kappa shape index (κ3) is 3.13. The highest BCUT2D eigenvalue weighted by Gasteiger charge is 2.38. The summed E-state index contributed by atoms with van der Waals surface area (Å²) in [5.74, 6) is 2.06. The molecular weight excluding hydrogens is 365 g/mol. The van der Waals surface area contributed by atoms with Crippen molar-refractivity contribution < 1.29 is 4.74 Å². The average molecular weight is 390 g/mol. The zero-order chi connectivity index (χ0) is 18.3. The fourth-order valence-electron chi connectivity index (χ4n) is 4.43. The summed E-state index contributed by atoms with van der Waals surface area (Å²) in [7, 11) is 0. The van der Waals surface area contributed by atoms with Crippen LogP contribution in [0.1, 0.15) is 56.1 Å². The molecule has 0 saturated carbocycles. The second-order valence-electron chi connectivity index (χ2n) is 7.38. The van der Waals surface area contributed by atoms with Gasteiger partial charge in [0.15, 0.2) is 0 Å². The molecule has 0 aliphatic carbocycles. The van der Waals surface area contributed by atoms with Crippen LogP contribution < -0.4 is 10.1 Å². The van der Waals surface area contributed by atoms with Gasteiger partial charge < -0.3 is 10.1 Å². The first-order valence-corrected chi connectivity index (χ1v) is 10.4. The molecular formula is C22H25Cl2NO. The van der Waals surface area contributed by atoms with E-state index in [0.717, 1.165) is 43.7 Å². The van der Waals surface area contributed by atoms with E-state index in [1.807, 2.05) is 18.2 Å². The lowest BCUT2D eigenvalue weighted by molar-refractivity contribution is 0.170. The van der Waals surface area contributed by atoms with Crippen molar-refractivity contribution in [2.24, 2.45) is 0 Å². The van der Waals surface area contributed by atoms with E-state index in [4.69, 9.17) is 27.9 Å². The van der Waals surface area contributed by atoms with Crippen molar-refractivity contribution in [2.75, 3.05) is 13.1 Å². The Bertz CT molecular complexity index is 816. The number of hydrogen-bond donors (Lipinski definition) is 1. The highest BCUT2D eigenvalue weighted by molar-refractivity contribution is 6.36. The van der Waals surface area contributed by atoms with E-state index in [1.165, 1.54) is 16.7 Å². The molecule has 2 aliphatic heterocycles. The summed E-state index contributed by atoms with van der Waals surface area (Å²) in [6, 6.07) is 10.3. The van der Waals surface area contributed by atoms with E-state index in [2.05, 4.69) is 31.3 Å². The fraction of sp³-hybridized carbons (Fsp3) is 0.455. The van der Waals surface area contributed by atoms with Gasteiger partial charge in [0.2, 0.25) is 0 Å². The van der Waals surface area contributed by atoms with Gasteiger partial charge in [-0.3, -0.25) is 0 Å². The predicted octanol–water partition coefficient (Wildman–Crippen LogP) is 6.40. The van der Waals surface area contributed by atoms with E-state index in [1.54, 1.807) is 0 Å². The van der Waals surface area contributed by atoms with Crippen LogP contribution in [0.2, 0.25) is 10.0 Å². The molecule has 4 rings (SSSR count). The highest BCUT2D eigenvalue weighted by Crippen LogP contribution is 2.48. The van der Waals surface area contributed by atoms with Gasteiger partial charge in [0.25, 0.3) is 0 Å². The average Bonchev–Trinajstić information content (AvgIpc) is 3.01. The van der Waals surface area contributed by atoms with Crippen molar-refractivity contribution in [2.45, 2.75) is 51.0 Å². The predicted molar refractivity (Wildman–Crippen MR) is 110 cm³/mol. The summed E-state index contributed by atoms with van der Waals surface area (Å²) >= 11 is 12.6. The molecule has 0 amide bonds. The van der Waals surface area contributed by atoms with Gasteiger partial charge in [-0.25, -0.2) is 0 Å². The molecule has 2 aliphatic rings. The fourth-order valence-corrected chi connectivity index (χ4v) is 4.95. The van der Waals surface area contributed by atoms with Gasteiger partial charge >= 0.3 is 0 Å². The van der Waals surface area contributed by atoms with Crippen molar-refractivity contribution in [3.63, 3.8) is 0 Å². The van der Waals surface area contributed by atoms with E-state index in [9.17, 15) is 0 Å². The van der Waals surface area contributed by atoms with Gasteiger partial charge in [-0.05, 0) is 67.1 Å². The number of benzene rings is 2. The molecule has 1 N–H and O–H groups in total. The lowest BCUT2D eigenvalue weighted by Gasteiger charge is -2.25. The van der Waals surface area contributed by atoms with Crippen LogP contribution in [0.5, 0.6) is 5.75 Å². The number of hydrogen-bond acceptors (Lipinski definition) is 2. The summed E-state index contributed by atoms with van der Waals surface area (Å²) < 4.78 is 6.47. The molecule has 0 spiro atoms. The Morgan fingerprint density at radius 1 is 1.15 bits per heavy atom. The van der Waals surface area contributed by atoms with Crippen LogP contribution in [-0.4, -0.2) is 19.2 Å². The largest absolute Gasteiger partial charge is 0.489 e. The highest BCUT2D eigenvalue weighted by atomic mass is 35.5. The van der Waals surface area contributed by atoms with Crippen LogP contribution >= 0.6 is 23.2 Å². The van der Waals surface area contributed by atoms with Crippen LogP contribution in [0, 0.1) is 0 Å². The molecule has 0 aromatic heterocycles. The Morgan fingerprint density at radius 2 is 1.96 bits per heavy atom. The van der Waals surface area contributed by atoms with Crippen molar-refractivity contribution in [1.82, 2.24) is 5.32 Å². The van der Waals surface area contributed by atoms with Gasteiger partial charge in [0.1, 0.15) is 11.9 Å². The topological polar surface area (TPSA) is 21.3 Å². The third-order valence-corrected chi connectivity index (χ3v) is 6.45. The van der Waals surface area contributed by atoms with Gasteiger partial charge in [-0.2, -0.15) is 0 Å². The smallest absolute Gasteiger partial charge is 0.126 e. The maximum atomic E-state index is 6.52. The molecule has 2 heterocycles. The minimum absolute atomic E-state index is 0.301. The maximum absolute atomic E-state index is 6.52. The molecule has 2 aromatic carbocycles. The quantitative estimate of drug-likeness (QED) is 0.652. The zero-order valence-corrected chi connectivity index (χ0v) is 16.8. The third-order valence-electron chi connectivity index (χ3n) is 5.90. The first kappa shape index (κ1) is 18.2. The monoisotopic (exact) mass is 389 g/mol. The lowest BCUT2D eigenvalue weighted by atomic mass is 9.84. The van der Waals surface area contributed by atoms with Gasteiger partial charge in [0, 0.05) is 33.6 Å². The second kappa shape index (κ2) is 7.42. The molecule has 0 unspecified atom stereocenters. The van der Waals surface area contributed by atoms with Crippen molar-refractivity contribution in [1.29, 1.82) is 0 Å². The molecule has 1 fully saturated rings. The molecule has 2 aromatic rings. The molecule has 26 heavy (non-hydrogen) atoms. The molecule has 0 radical (unpaired) electrons. The van der Waals surface area contributed by atoms with E-state index < -0.39 is 0 Å². The summed E-state index contributed by atoms with van der Waals surface area (Å²) in [6.07, 6.45) is 3.59. The van der Waals surface area contributed by atoms with Crippen LogP contribution in [0.3, 0.4) is 0 Å². The SMILES string of the molecule is CCC(CC)c1cc(-c2ccc(Cl)cc2Cl)cc2c1O[C@H]1CCNC[C@@H]21. The lowest BCUT2D eigenvalue weighted by Crippen LogP contribution is -2.37. The first-order chi connectivity index (χ1) is 12.6. The molecule has 138 valence electrons. The summed E-state index contributed by atoms with van der Waals surface area (Å²) in [6.45, 7) is 6.53. The van der Waals surface area contributed by atoms with Gasteiger partial charge in [0.05, 0.1) is 0 Å². The molecule has 2 nitrogen and oxygen atoms in total. The van der Waals surface area contributed by atoms with Crippen molar-refractivity contribution in [3.8, 4) is 16.9 Å². The molecule has 0 bridgehead atoms. The van der Waals surface area contributed by atoms with Crippen LogP contribution in [0.15, 0.2) is 30.3 Å². The second-order valence-corrected chi connectivity index (χ2v) is 8.22. The maximum Gasteiger partial charge on any atom is 0.126 e. The molecule has 1 saturated heterocycles. The van der Waals surface area contributed by atoms with E-state index >= 15 is 0 Å². The van der Waals surface area contributed by atoms with E-state index in [-0.39, 0.29) is 0 Å². The minimum Gasteiger partial charge on any atom is -0.489 e. The Hall–Kier alpha value is -1.22. The standard InChI is InChI=1S/C22H25Cl2NO/c1-3-13(4-2)17-9-14(16-6-5-15(23)11-20(16)24)10-18-19-12-25-8-7-21(19)26-22(17)18/h5-6,9-11,13,19,21,25H,3-4,7-8,12H2,1-2H3/t19-,21-/m0/s1. The Labute approximate surface area is 165 Å². The molecule has 2 atom stereocenters. The van der Waals surface area contributed by atoms with Gasteiger partial charge in [-0.1, -0.05) is 43.1 Å². The number of ether oxygens (including phenoxy) is 1. The van der Waals surface area contributed by atoms with Crippen molar-refractivity contribution in [3.05, 3.63) is 51.5 Å². The van der Waals surface area contributed by atoms with Crippen molar-refractivity contribution >= 4 is 23.2 Å². The molecule has 4 heteroatoms. The number of piperidine rings is 1. The van der Waals surface area contributed by atoms with Crippen LogP contribution in [-0.2, 0) is 0 Å². The zero-order valence-electron chi connectivity index (χ0n) is 15.3. The number of rotatable bonds is 4. The first-order valence-electron chi connectivity index (χ1n) is 9.63. The van der Waals surface area contributed by atoms with E-state index in [0.29, 0.717) is 28.0 Å². The van der Waals surface area contributed by atoms with Crippen LogP contribution in [0.25, 0.3) is 11.1 Å². The summed E-state index contributed by atoms with van der Waals surface area (Å²) in [4.78, 5) is 0. The number of halogens is 2.